The number of likely N-dealkylation sites (N-methyl/N-ethyl adjacent to an activating group) is 1. The molecule has 0 bridgehead atoms. The molecule has 3 rings (SSSR count). The van der Waals surface area contributed by atoms with E-state index in [-0.39, 0.29) is 18.6 Å². The molecule has 1 atom stereocenters. The predicted octanol–water partition coefficient (Wildman–Crippen LogP) is 2.76. The smallest absolute Gasteiger partial charge is 0.490 e. The van der Waals surface area contributed by atoms with Crippen LogP contribution in [0.3, 0.4) is 0 Å². The largest absolute Gasteiger partial charge is 0.493 e. The summed E-state index contributed by atoms with van der Waals surface area (Å²) in [5, 5.41) is 27.1. The van der Waals surface area contributed by atoms with E-state index in [0.717, 1.165) is 5.56 Å². The van der Waals surface area contributed by atoms with Gasteiger partial charge in [0.25, 0.3) is 5.91 Å². The number of methoxy groups -OCH3 is 1. The molecule has 12 nitrogen and oxygen atoms in total. The summed E-state index contributed by atoms with van der Waals surface area (Å²) in [6.45, 7) is 4.21. The number of aliphatic carboxylic acids is 1. The van der Waals surface area contributed by atoms with Gasteiger partial charge in [-0.25, -0.2) is 9.48 Å². The molecular weight excluding hydrogens is 557 g/mol. The average molecular weight is 589 g/mol. The number of halogens is 3. The SMILES string of the molecule is CCOCCn1nnnc1C(NCc1ccsc1)c1ccc(OCC(=O)N(C)C)c(OC)c1.O=C(O)C(F)(F)F. The number of nitrogens with one attached hydrogen (secondary N) is 1. The van der Waals surface area contributed by atoms with Crippen LogP contribution >= 0.6 is 11.3 Å². The maximum atomic E-state index is 11.9. The van der Waals surface area contributed by atoms with Gasteiger partial charge in [0, 0.05) is 27.2 Å². The Hall–Kier alpha value is -3.76. The van der Waals surface area contributed by atoms with Crippen molar-refractivity contribution in [3.63, 3.8) is 0 Å². The van der Waals surface area contributed by atoms with Gasteiger partial charge in [0.2, 0.25) is 0 Å². The number of thiophene rings is 1. The van der Waals surface area contributed by atoms with E-state index in [1.54, 1.807) is 43.3 Å². The van der Waals surface area contributed by atoms with E-state index in [1.807, 2.05) is 24.4 Å². The lowest BCUT2D eigenvalue weighted by Crippen LogP contribution is -2.28. The molecule has 0 aliphatic rings. The summed E-state index contributed by atoms with van der Waals surface area (Å²) in [6, 6.07) is 7.37. The summed E-state index contributed by atoms with van der Waals surface area (Å²) >= 11 is 1.65. The summed E-state index contributed by atoms with van der Waals surface area (Å²) < 4.78 is 50.2. The van der Waals surface area contributed by atoms with Gasteiger partial charge in [-0.1, -0.05) is 6.07 Å². The molecule has 0 aliphatic carbocycles. The lowest BCUT2D eigenvalue weighted by molar-refractivity contribution is -0.192. The number of carboxylic acids is 1. The van der Waals surface area contributed by atoms with Gasteiger partial charge < -0.3 is 24.2 Å². The van der Waals surface area contributed by atoms with Crippen molar-refractivity contribution in [3.8, 4) is 11.5 Å². The molecule has 2 N–H and O–H groups in total. The normalized spacial score (nSPS) is 11.8. The fourth-order valence-corrected chi connectivity index (χ4v) is 3.76. The number of alkyl halides is 3. The molecule has 3 aromatic rings. The van der Waals surface area contributed by atoms with Gasteiger partial charge in [0.1, 0.15) is 0 Å². The molecule has 1 aromatic carbocycles. The third-order valence-electron chi connectivity index (χ3n) is 5.17. The van der Waals surface area contributed by atoms with Crippen molar-refractivity contribution in [2.45, 2.75) is 32.2 Å². The van der Waals surface area contributed by atoms with Crippen molar-refractivity contribution in [3.05, 3.63) is 52.0 Å². The number of carbonyl (C=O) groups is 2. The van der Waals surface area contributed by atoms with E-state index < -0.39 is 12.1 Å². The van der Waals surface area contributed by atoms with Crippen molar-refractivity contribution in [1.29, 1.82) is 0 Å². The molecule has 0 spiro atoms. The van der Waals surface area contributed by atoms with Gasteiger partial charge in [0.05, 0.1) is 26.3 Å². The highest BCUT2D eigenvalue weighted by Gasteiger charge is 2.38. The Balaban J connectivity index is 0.000000708. The minimum atomic E-state index is -5.08. The second kappa shape index (κ2) is 15.7. The average Bonchev–Trinajstić information content (AvgIpc) is 3.60. The summed E-state index contributed by atoms with van der Waals surface area (Å²) in [4.78, 5) is 22.3. The van der Waals surface area contributed by atoms with Gasteiger partial charge in [0.15, 0.2) is 23.9 Å². The number of tetrazole rings is 1. The monoisotopic (exact) mass is 588 g/mol. The topological polar surface area (TPSA) is 141 Å². The highest BCUT2D eigenvalue weighted by molar-refractivity contribution is 7.07. The third-order valence-corrected chi connectivity index (χ3v) is 5.91. The van der Waals surface area contributed by atoms with Gasteiger partial charge in [-0.3, -0.25) is 10.1 Å². The summed E-state index contributed by atoms with van der Waals surface area (Å²) in [6.07, 6.45) is -5.08. The van der Waals surface area contributed by atoms with Crippen LogP contribution in [0.1, 0.15) is 29.9 Å². The second-order valence-corrected chi connectivity index (χ2v) is 8.97. The number of hydrogen-bond donors (Lipinski definition) is 2. The van der Waals surface area contributed by atoms with Crippen molar-refractivity contribution < 1.29 is 42.1 Å². The Morgan fingerprint density at radius 2 is 1.95 bits per heavy atom. The van der Waals surface area contributed by atoms with Crippen LogP contribution < -0.4 is 14.8 Å². The Bertz CT molecular complexity index is 1210. The van der Waals surface area contributed by atoms with Crippen LogP contribution in [0.2, 0.25) is 0 Å². The van der Waals surface area contributed by atoms with Crippen LogP contribution in [0.4, 0.5) is 13.2 Å². The number of hydrogen-bond acceptors (Lipinski definition) is 10. The number of aromatic nitrogens is 4. The molecule has 0 saturated heterocycles. The maximum absolute atomic E-state index is 11.9. The molecule has 0 radical (unpaired) electrons. The molecule has 0 aliphatic heterocycles. The molecule has 1 amide bonds. The molecule has 16 heteroatoms. The first kappa shape index (κ1) is 32.5. The highest BCUT2D eigenvalue weighted by Crippen LogP contribution is 2.32. The third kappa shape index (κ3) is 10.1. The van der Waals surface area contributed by atoms with Crippen LogP contribution in [-0.4, -0.2) is 89.3 Å². The van der Waals surface area contributed by atoms with Crippen LogP contribution in [0.5, 0.6) is 11.5 Å². The van der Waals surface area contributed by atoms with E-state index >= 15 is 0 Å². The van der Waals surface area contributed by atoms with Crippen LogP contribution in [0.15, 0.2) is 35.0 Å². The summed E-state index contributed by atoms with van der Waals surface area (Å²) in [5.74, 6) is -1.21. The first-order valence-electron chi connectivity index (χ1n) is 11.9. The minimum absolute atomic E-state index is 0.0712. The lowest BCUT2D eigenvalue weighted by Gasteiger charge is -2.20. The van der Waals surface area contributed by atoms with Crippen LogP contribution in [0.25, 0.3) is 0 Å². The maximum Gasteiger partial charge on any atom is 0.490 e. The van der Waals surface area contributed by atoms with Gasteiger partial charge in [-0.05, 0) is 57.4 Å². The van der Waals surface area contributed by atoms with Crippen molar-refractivity contribution >= 4 is 23.2 Å². The quantitative estimate of drug-likeness (QED) is 0.286. The Labute approximate surface area is 232 Å². The zero-order valence-electron chi connectivity index (χ0n) is 22.3. The Morgan fingerprint density at radius 3 is 2.52 bits per heavy atom. The highest BCUT2D eigenvalue weighted by atomic mass is 32.1. The van der Waals surface area contributed by atoms with Crippen LogP contribution in [0, 0.1) is 0 Å². The number of amides is 1. The molecule has 220 valence electrons. The molecule has 2 heterocycles. The van der Waals surface area contributed by atoms with E-state index in [2.05, 4.69) is 32.3 Å². The van der Waals surface area contributed by atoms with Crippen LogP contribution in [-0.2, 0) is 27.4 Å². The molecule has 2 aromatic heterocycles. The number of benzene rings is 1. The van der Waals surface area contributed by atoms with E-state index in [4.69, 9.17) is 24.1 Å². The first-order valence-corrected chi connectivity index (χ1v) is 12.8. The number of rotatable bonds is 13. The number of carbonyl (C=O) groups excluding carboxylic acids is 1. The number of carboxylic acid groups (broad SMARTS) is 1. The fourth-order valence-electron chi connectivity index (χ4n) is 3.10. The fraction of sp³-hybridized carbons (Fsp3) is 0.458. The Morgan fingerprint density at radius 1 is 1.23 bits per heavy atom. The number of ether oxygens (including phenoxy) is 3. The number of nitrogens with zero attached hydrogens (tertiary/aromatic N) is 5. The Kier molecular flexibility index (Phi) is 12.8. The molecular formula is C24H31F3N6O6S. The van der Waals surface area contributed by atoms with Gasteiger partial charge >= 0.3 is 12.1 Å². The summed E-state index contributed by atoms with van der Waals surface area (Å²) in [5.41, 5.74) is 2.08. The summed E-state index contributed by atoms with van der Waals surface area (Å²) in [7, 11) is 4.94. The zero-order chi connectivity index (χ0) is 29.7. The first-order chi connectivity index (χ1) is 19.0. The standard InChI is InChI=1S/C22H30N6O4S.C2HF3O2/c1-5-31-10-9-28-22(24-25-26-28)21(23-13-16-8-11-33-15-16)17-6-7-18(19(12-17)30-4)32-14-20(29)27(2)3;3-2(4,5)1(6)7/h6-8,11-12,15,21,23H,5,9-10,13-14H2,1-4H3;(H,6,7). The van der Waals surface area contributed by atoms with Crippen molar-refractivity contribution in [2.24, 2.45) is 0 Å². The molecule has 0 fully saturated rings. The van der Waals surface area contributed by atoms with Gasteiger partial charge in [-0.15, -0.1) is 5.10 Å². The van der Waals surface area contributed by atoms with E-state index in [9.17, 15) is 18.0 Å². The minimum Gasteiger partial charge on any atom is -0.493 e. The van der Waals surface area contributed by atoms with Crippen molar-refractivity contribution in [2.75, 3.05) is 41.0 Å². The molecule has 1 unspecified atom stereocenters. The molecule has 0 saturated carbocycles. The van der Waals surface area contributed by atoms with Gasteiger partial charge in [-0.2, -0.15) is 24.5 Å². The zero-order valence-corrected chi connectivity index (χ0v) is 23.2. The van der Waals surface area contributed by atoms with E-state index in [0.29, 0.717) is 43.6 Å². The van der Waals surface area contributed by atoms with E-state index in [1.165, 1.54) is 10.5 Å². The second-order valence-electron chi connectivity index (χ2n) is 8.19. The molecule has 40 heavy (non-hydrogen) atoms. The predicted molar refractivity (Wildman–Crippen MR) is 138 cm³/mol. The van der Waals surface area contributed by atoms with Crippen molar-refractivity contribution in [1.82, 2.24) is 30.4 Å². The lowest BCUT2D eigenvalue weighted by atomic mass is 10.0.